The Morgan fingerprint density at radius 2 is 1.83 bits per heavy atom. The number of nitrogens with zero attached hydrogens (tertiary/aromatic N) is 2. The lowest BCUT2D eigenvalue weighted by Crippen LogP contribution is -1.78. The van der Waals surface area contributed by atoms with E-state index in [2.05, 4.69) is 10.2 Å². The highest BCUT2D eigenvalue weighted by atomic mass is 35.5. The van der Waals surface area contributed by atoms with E-state index in [4.69, 9.17) is 20.4 Å². The molecule has 0 saturated heterocycles. The Bertz CT molecular complexity index is 688. The molecule has 2 aromatic heterocycles. The smallest absolute Gasteiger partial charge is 0.284 e. The van der Waals surface area contributed by atoms with Gasteiger partial charge in [0, 0.05) is 5.56 Å². The van der Waals surface area contributed by atoms with Gasteiger partial charge < -0.3 is 8.83 Å². The third-order valence-electron chi connectivity index (χ3n) is 2.59. The summed E-state index contributed by atoms with van der Waals surface area (Å²) in [6.07, 6.45) is 1.59. The highest BCUT2D eigenvalue weighted by Crippen LogP contribution is 2.30. The lowest BCUT2D eigenvalue weighted by molar-refractivity contribution is 0.522. The van der Waals surface area contributed by atoms with Crippen molar-refractivity contribution in [3.8, 4) is 23.1 Å². The van der Waals surface area contributed by atoms with E-state index in [1.165, 1.54) is 0 Å². The maximum absolute atomic E-state index is 6.07. The minimum Gasteiger partial charge on any atom is -0.459 e. The minimum atomic E-state index is 0.354. The second kappa shape index (κ2) is 4.31. The fourth-order valence-electron chi connectivity index (χ4n) is 1.65. The molecule has 0 radical (unpaired) electrons. The van der Waals surface area contributed by atoms with E-state index in [-0.39, 0.29) is 0 Å². The highest BCUT2D eigenvalue weighted by molar-refractivity contribution is 6.33. The van der Waals surface area contributed by atoms with Crippen LogP contribution in [0.3, 0.4) is 0 Å². The molecule has 0 fully saturated rings. The number of halogens is 1. The SMILES string of the molecule is Cc1ccoc1-c1nnc(-c2ccccc2Cl)o1. The monoisotopic (exact) mass is 260 g/mol. The largest absolute Gasteiger partial charge is 0.459 e. The van der Waals surface area contributed by atoms with E-state index in [9.17, 15) is 0 Å². The second-order valence-electron chi connectivity index (χ2n) is 3.82. The average molecular weight is 261 g/mol. The molecule has 1 aromatic carbocycles. The lowest BCUT2D eigenvalue weighted by atomic mass is 10.2. The standard InChI is InChI=1S/C13H9ClN2O2/c1-8-6-7-17-11(8)13-16-15-12(18-13)9-4-2-3-5-10(9)14/h2-7H,1H3. The van der Waals surface area contributed by atoms with Crippen LogP contribution in [0.2, 0.25) is 5.02 Å². The first kappa shape index (κ1) is 11.0. The van der Waals surface area contributed by atoms with Crippen LogP contribution in [0.15, 0.2) is 45.4 Å². The van der Waals surface area contributed by atoms with Crippen molar-refractivity contribution in [1.82, 2.24) is 10.2 Å². The molecule has 4 nitrogen and oxygen atoms in total. The van der Waals surface area contributed by atoms with Crippen LogP contribution in [0.5, 0.6) is 0 Å². The number of hydrogen-bond acceptors (Lipinski definition) is 4. The summed E-state index contributed by atoms with van der Waals surface area (Å²) in [6, 6.07) is 9.16. The zero-order valence-corrected chi connectivity index (χ0v) is 10.3. The molecule has 3 aromatic rings. The number of hydrogen-bond donors (Lipinski definition) is 0. The van der Waals surface area contributed by atoms with Crippen LogP contribution in [0.4, 0.5) is 0 Å². The summed E-state index contributed by atoms with van der Waals surface area (Å²) in [4.78, 5) is 0. The predicted molar refractivity (Wildman–Crippen MR) is 67.2 cm³/mol. The lowest BCUT2D eigenvalue weighted by Gasteiger charge is -1.96. The van der Waals surface area contributed by atoms with Gasteiger partial charge in [-0.2, -0.15) is 0 Å². The van der Waals surface area contributed by atoms with Crippen molar-refractivity contribution in [2.45, 2.75) is 6.92 Å². The quantitative estimate of drug-likeness (QED) is 0.700. The summed E-state index contributed by atoms with van der Waals surface area (Å²) in [7, 11) is 0. The molecule has 0 amide bonds. The van der Waals surface area contributed by atoms with Gasteiger partial charge in [0.15, 0.2) is 5.76 Å². The Kier molecular flexibility index (Phi) is 2.64. The molecule has 0 aliphatic carbocycles. The van der Waals surface area contributed by atoms with Gasteiger partial charge in [0.25, 0.3) is 5.89 Å². The van der Waals surface area contributed by atoms with Gasteiger partial charge in [-0.05, 0) is 25.1 Å². The van der Waals surface area contributed by atoms with Crippen molar-refractivity contribution in [3.63, 3.8) is 0 Å². The van der Waals surface area contributed by atoms with Gasteiger partial charge in [-0.25, -0.2) is 0 Å². The molecule has 0 unspecified atom stereocenters. The van der Waals surface area contributed by atoms with E-state index in [1.807, 2.05) is 31.2 Å². The molecule has 2 heterocycles. The first-order valence-electron chi connectivity index (χ1n) is 5.38. The third-order valence-corrected chi connectivity index (χ3v) is 2.92. The van der Waals surface area contributed by atoms with Gasteiger partial charge in [0.1, 0.15) is 0 Å². The number of furan rings is 1. The number of aryl methyl sites for hydroxylation is 1. The van der Waals surface area contributed by atoms with Crippen LogP contribution in [0.1, 0.15) is 5.56 Å². The van der Waals surface area contributed by atoms with Crippen molar-refractivity contribution in [2.75, 3.05) is 0 Å². The molecule has 0 N–H and O–H groups in total. The van der Waals surface area contributed by atoms with E-state index in [0.29, 0.717) is 28.1 Å². The van der Waals surface area contributed by atoms with Gasteiger partial charge in [-0.15, -0.1) is 10.2 Å². The summed E-state index contributed by atoms with van der Waals surface area (Å²) in [5.74, 6) is 1.32. The molecule has 0 aliphatic rings. The van der Waals surface area contributed by atoms with Crippen LogP contribution in [0.25, 0.3) is 23.1 Å². The molecule has 0 bridgehead atoms. The van der Waals surface area contributed by atoms with Crippen LogP contribution in [-0.2, 0) is 0 Å². The van der Waals surface area contributed by atoms with Crippen LogP contribution < -0.4 is 0 Å². The number of benzene rings is 1. The summed E-state index contributed by atoms with van der Waals surface area (Å²) in [5.41, 5.74) is 1.66. The molecular weight excluding hydrogens is 252 g/mol. The topological polar surface area (TPSA) is 52.1 Å². The Morgan fingerprint density at radius 3 is 2.56 bits per heavy atom. The van der Waals surface area contributed by atoms with Gasteiger partial charge in [-0.3, -0.25) is 0 Å². The molecule has 3 rings (SSSR count). The van der Waals surface area contributed by atoms with Gasteiger partial charge in [0.2, 0.25) is 5.89 Å². The van der Waals surface area contributed by atoms with Gasteiger partial charge in [0.05, 0.1) is 16.8 Å². The zero-order chi connectivity index (χ0) is 12.5. The molecule has 0 atom stereocenters. The maximum Gasteiger partial charge on any atom is 0.284 e. The Labute approximate surface area is 108 Å². The summed E-state index contributed by atoms with van der Waals surface area (Å²) < 4.78 is 10.9. The van der Waals surface area contributed by atoms with Crippen molar-refractivity contribution in [3.05, 3.63) is 47.2 Å². The molecule has 0 spiro atoms. The fraction of sp³-hybridized carbons (Fsp3) is 0.0769. The highest BCUT2D eigenvalue weighted by Gasteiger charge is 2.16. The van der Waals surface area contributed by atoms with Crippen molar-refractivity contribution in [1.29, 1.82) is 0 Å². The summed E-state index contributed by atoms with van der Waals surface area (Å²) in [6.45, 7) is 1.91. The van der Waals surface area contributed by atoms with Crippen molar-refractivity contribution in [2.24, 2.45) is 0 Å². The molecule has 90 valence electrons. The Balaban J connectivity index is 2.05. The van der Waals surface area contributed by atoms with Crippen molar-refractivity contribution >= 4 is 11.6 Å². The Hall–Kier alpha value is -2.07. The van der Waals surface area contributed by atoms with Gasteiger partial charge >= 0.3 is 0 Å². The van der Waals surface area contributed by atoms with Gasteiger partial charge in [-0.1, -0.05) is 23.7 Å². The molecule has 18 heavy (non-hydrogen) atoms. The maximum atomic E-state index is 6.07. The first-order valence-corrected chi connectivity index (χ1v) is 5.76. The molecular formula is C13H9ClN2O2. The first-order chi connectivity index (χ1) is 8.75. The van der Waals surface area contributed by atoms with Crippen LogP contribution in [0, 0.1) is 6.92 Å². The molecule has 5 heteroatoms. The number of aromatic nitrogens is 2. The van der Waals surface area contributed by atoms with E-state index >= 15 is 0 Å². The van der Waals surface area contributed by atoms with E-state index < -0.39 is 0 Å². The van der Waals surface area contributed by atoms with E-state index in [0.717, 1.165) is 5.56 Å². The van der Waals surface area contributed by atoms with Crippen LogP contribution >= 0.6 is 11.6 Å². The van der Waals surface area contributed by atoms with Crippen LogP contribution in [-0.4, -0.2) is 10.2 Å². The normalized spacial score (nSPS) is 10.8. The summed E-state index contributed by atoms with van der Waals surface area (Å²) >= 11 is 6.07. The average Bonchev–Trinajstić information content (AvgIpc) is 2.98. The van der Waals surface area contributed by atoms with E-state index in [1.54, 1.807) is 12.3 Å². The predicted octanol–water partition coefficient (Wildman–Crippen LogP) is 3.96. The molecule has 0 saturated carbocycles. The minimum absolute atomic E-state index is 0.354. The second-order valence-corrected chi connectivity index (χ2v) is 4.23. The third kappa shape index (κ3) is 1.80. The Morgan fingerprint density at radius 1 is 1.06 bits per heavy atom. The fourth-order valence-corrected chi connectivity index (χ4v) is 1.87. The number of rotatable bonds is 2. The van der Waals surface area contributed by atoms with Crippen molar-refractivity contribution < 1.29 is 8.83 Å². The zero-order valence-electron chi connectivity index (χ0n) is 9.55. The molecule has 0 aliphatic heterocycles. The summed E-state index contributed by atoms with van der Waals surface area (Å²) in [5, 5.41) is 8.52.